The van der Waals surface area contributed by atoms with E-state index in [2.05, 4.69) is 28.9 Å². The summed E-state index contributed by atoms with van der Waals surface area (Å²) in [4.78, 5) is 16.2. The van der Waals surface area contributed by atoms with Gasteiger partial charge in [0.1, 0.15) is 17.1 Å². The Morgan fingerprint density at radius 3 is 2.44 bits per heavy atom. The van der Waals surface area contributed by atoms with E-state index < -0.39 is 5.97 Å². The Morgan fingerprint density at radius 1 is 1.11 bits per heavy atom. The summed E-state index contributed by atoms with van der Waals surface area (Å²) in [6, 6.07) is 13.9. The molecular weight excluding hydrogens is 344 g/mol. The molecule has 0 saturated carbocycles. The summed E-state index contributed by atoms with van der Waals surface area (Å²) in [5, 5.41) is 9.37. The van der Waals surface area contributed by atoms with Crippen LogP contribution in [0.2, 0.25) is 0 Å². The smallest absolute Gasteiger partial charge is 0.339 e. The second-order valence-electron chi connectivity index (χ2n) is 6.80. The predicted molar refractivity (Wildman–Crippen MR) is 105 cm³/mol. The van der Waals surface area contributed by atoms with Crippen molar-refractivity contribution >= 4 is 11.7 Å². The van der Waals surface area contributed by atoms with Crippen LogP contribution in [0.5, 0.6) is 11.5 Å². The van der Waals surface area contributed by atoms with Crippen LogP contribution in [0.15, 0.2) is 42.5 Å². The molecule has 1 saturated heterocycles. The normalized spacial score (nSPS) is 17.6. The average Bonchev–Trinajstić information content (AvgIpc) is 2.69. The van der Waals surface area contributed by atoms with Crippen molar-refractivity contribution in [3.05, 3.63) is 53.6 Å². The second-order valence-corrected chi connectivity index (χ2v) is 6.80. The van der Waals surface area contributed by atoms with Crippen molar-refractivity contribution in [1.29, 1.82) is 0 Å². The van der Waals surface area contributed by atoms with Crippen LogP contribution in [0.4, 0.5) is 5.69 Å². The molecule has 6 nitrogen and oxygen atoms in total. The molecule has 0 aliphatic carbocycles. The molecule has 0 radical (unpaired) electrons. The van der Waals surface area contributed by atoms with Gasteiger partial charge in [0.25, 0.3) is 0 Å². The van der Waals surface area contributed by atoms with Gasteiger partial charge in [-0.1, -0.05) is 6.07 Å². The number of nitrogens with zero attached hydrogens (tertiary/aromatic N) is 2. The second kappa shape index (κ2) is 8.31. The summed E-state index contributed by atoms with van der Waals surface area (Å²) in [5.74, 6) is 0.286. The molecule has 1 unspecified atom stereocenters. The largest absolute Gasteiger partial charge is 0.497 e. The SMILES string of the molecule is COc1ccc(N2CCN(Cc3ccc(OC)c(C(=O)O)c3)C(C)C2)cc1. The number of carboxylic acid groups (broad SMARTS) is 1. The van der Waals surface area contributed by atoms with Gasteiger partial charge in [-0.05, 0) is 48.9 Å². The van der Waals surface area contributed by atoms with E-state index in [0.29, 0.717) is 11.8 Å². The Morgan fingerprint density at radius 2 is 1.85 bits per heavy atom. The minimum atomic E-state index is -0.967. The molecule has 1 aliphatic rings. The number of carbonyl (C=O) groups is 1. The van der Waals surface area contributed by atoms with Crippen molar-refractivity contribution in [1.82, 2.24) is 4.90 Å². The van der Waals surface area contributed by atoms with Gasteiger partial charge in [-0.2, -0.15) is 0 Å². The van der Waals surface area contributed by atoms with Gasteiger partial charge in [-0.3, -0.25) is 4.90 Å². The molecule has 6 heteroatoms. The fraction of sp³-hybridized carbons (Fsp3) is 0.381. The predicted octanol–water partition coefficient (Wildman–Crippen LogP) is 3.11. The van der Waals surface area contributed by atoms with Crippen LogP contribution in [-0.2, 0) is 6.54 Å². The molecule has 3 rings (SSSR count). The molecule has 0 amide bonds. The highest BCUT2D eigenvalue weighted by atomic mass is 16.5. The highest BCUT2D eigenvalue weighted by molar-refractivity contribution is 5.91. The highest BCUT2D eigenvalue weighted by Gasteiger charge is 2.24. The van der Waals surface area contributed by atoms with E-state index in [4.69, 9.17) is 9.47 Å². The van der Waals surface area contributed by atoms with Crippen LogP contribution in [-0.4, -0.2) is 55.9 Å². The highest BCUT2D eigenvalue weighted by Crippen LogP contribution is 2.25. The molecule has 144 valence electrons. The number of hydrogen-bond acceptors (Lipinski definition) is 5. The van der Waals surface area contributed by atoms with Crippen LogP contribution < -0.4 is 14.4 Å². The van der Waals surface area contributed by atoms with E-state index >= 15 is 0 Å². The summed E-state index contributed by atoms with van der Waals surface area (Å²) in [6.45, 7) is 5.70. The Labute approximate surface area is 159 Å². The molecule has 1 aliphatic heterocycles. The zero-order valence-corrected chi connectivity index (χ0v) is 16.0. The van der Waals surface area contributed by atoms with Crippen molar-refractivity contribution in [3.8, 4) is 11.5 Å². The van der Waals surface area contributed by atoms with Gasteiger partial charge in [0.15, 0.2) is 0 Å². The molecule has 2 aromatic rings. The topological polar surface area (TPSA) is 62.2 Å². The first-order chi connectivity index (χ1) is 13.0. The van der Waals surface area contributed by atoms with Gasteiger partial charge in [0.2, 0.25) is 0 Å². The summed E-state index contributed by atoms with van der Waals surface area (Å²) < 4.78 is 10.4. The lowest BCUT2D eigenvalue weighted by Gasteiger charge is -2.41. The molecule has 1 N–H and O–H groups in total. The van der Waals surface area contributed by atoms with E-state index in [0.717, 1.165) is 37.5 Å². The molecule has 27 heavy (non-hydrogen) atoms. The zero-order chi connectivity index (χ0) is 19.4. The molecule has 0 spiro atoms. The fourth-order valence-electron chi connectivity index (χ4n) is 3.51. The quantitative estimate of drug-likeness (QED) is 0.843. The van der Waals surface area contributed by atoms with Crippen LogP contribution in [0.1, 0.15) is 22.8 Å². The van der Waals surface area contributed by atoms with Gasteiger partial charge in [-0.15, -0.1) is 0 Å². The van der Waals surface area contributed by atoms with Gasteiger partial charge >= 0.3 is 5.97 Å². The summed E-state index contributed by atoms with van der Waals surface area (Å²) in [6.07, 6.45) is 0. The number of hydrogen-bond donors (Lipinski definition) is 1. The van der Waals surface area contributed by atoms with Crippen molar-refractivity contribution in [3.63, 3.8) is 0 Å². The lowest BCUT2D eigenvalue weighted by Crippen LogP contribution is -2.51. The Kier molecular flexibility index (Phi) is 5.86. The van der Waals surface area contributed by atoms with Crippen molar-refractivity contribution < 1.29 is 19.4 Å². The fourth-order valence-corrected chi connectivity index (χ4v) is 3.51. The van der Waals surface area contributed by atoms with E-state index in [-0.39, 0.29) is 5.56 Å². The number of piperazine rings is 1. The van der Waals surface area contributed by atoms with Crippen molar-refractivity contribution in [2.24, 2.45) is 0 Å². The first-order valence-corrected chi connectivity index (χ1v) is 9.05. The lowest BCUT2D eigenvalue weighted by atomic mass is 10.1. The van der Waals surface area contributed by atoms with Crippen molar-refractivity contribution in [2.75, 3.05) is 38.8 Å². The zero-order valence-electron chi connectivity index (χ0n) is 16.0. The molecule has 0 aromatic heterocycles. The third-order valence-corrected chi connectivity index (χ3v) is 5.08. The maximum absolute atomic E-state index is 11.4. The number of methoxy groups -OCH3 is 2. The van der Waals surface area contributed by atoms with E-state index in [9.17, 15) is 9.90 Å². The molecule has 1 atom stereocenters. The van der Waals surface area contributed by atoms with Gasteiger partial charge < -0.3 is 19.5 Å². The standard InChI is InChI=1S/C21H26N2O4/c1-15-13-23(17-5-7-18(26-2)8-6-17)11-10-22(15)14-16-4-9-20(27-3)19(12-16)21(24)25/h4-9,12,15H,10-11,13-14H2,1-3H3,(H,24,25). The van der Waals surface area contributed by atoms with Gasteiger partial charge in [0.05, 0.1) is 14.2 Å². The van der Waals surface area contributed by atoms with E-state index in [1.54, 1.807) is 19.2 Å². The summed E-state index contributed by atoms with van der Waals surface area (Å²) in [5.41, 5.74) is 2.39. The third kappa shape index (κ3) is 4.34. The average molecular weight is 370 g/mol. The van der Waals surface area contributed by atoms with Gasteiger partial charge in [0, 0.05) is 37.9 Å². The summed E-state index contributed by atoms with van der Waals surface area (Å²) >= 11 is 0. The minimum absolute atomic E-state index is 0.208. The van der Waals surface area contributed by atoms with Crippen LogP contribution in [0, 0.1) is 0 Å². The van der Waals surface area contributed by atoms with Crippen LogP contribution in [0.25, 0.3) is 0 Å². The Hall–Kier alpha value is -2.73. The van der Waals surface area contributed by atoms with Crippen LogP contribution >= 0.6 is 0 Å². The van der Waals surface area contributed by atoms with Crippen molar-refractivity contribution in [2.45, 2.75) is 19.5 Å². The van der Waals surface area contributed by atoms with E-state index in [1.807, 2.05) is 18.2 Å². The first-order valence-electron chi connectivity index (χ1n) is 9.05. The third-order valence-electron chi connectivity index (χ3n) is 5.08. The number of benzene rings is 2. The maximum atomic E-state index is 11.4. The molecule has 2 aromatic carbocycles. The van der Waals surface area contributed by atoms with E-state index in [1.165, 1.54) is 12.8 Å². The summed E-state index contributed by atoms with van der Waals surface area (Å²) in [7, 11) is 3.16. The Bertz CT molecular complexity index is 791. The number of rotatable bonds is 6. The van der Waals surface area contributed by atoms with Gasteiger partial charge in [-0.25, -0.2) is 4.79 Å². The maximum Gasteiger partial charge on any atom is 0.339 e. The molecule has 1 heterocycles. The van der Waals surface area contributed by atoms with Crippen LogP contribution in [0.3, 0.4) is 0 Å². The number of ether oxygens (including phenoxy) is 2. The monoisotopic (exact) mass is 370 g/mol. The number of anilines is 1. The molecule has 1 fully saturated rings. The molecule has 0 bridgehead atoms. The number of aromatic carboxylic acids is 1. The lowest BCUT2D eigenvalue weighted by molar-refractivity contribution is 0.0693. The first kappa shape index (κ1) is 19.0. The molecular formula is C21H26N2O4. The number of carboxylic acids is 1. The minimum Gasteiger partial charge on any atom is -0.497 e. The Balaban J connectivity index is 1.66.